The predicted molar refractivity (Wildman–Crippen MR) is 96.7 cm³/mol. The Kier molecular flexibility index (Phi) is 3.74. The highest BCUT2D eigenvalue weighted by Gasteiger charge is 2.16. The molecule has 0 atom stereocenters. The van der Waals surface area contributed by atoms with E-state index in [2.05, 4.69) is 10.0 Å². The summed E-state index contributed by atoms with van der Waals surface area (Å²) in [5, 5.41) is 4.01. The predicted octanol–water partition coefficient (Wildman–Crippen LogP) is 4.65. The summed E-state index contributed by atoms with van der Waals surface area (Å²) < 4.78 is 5.26. The molecule has 0 aliphatic carbocycles. The van der Waals surface area contributed by atoms with Gasteiger partial charge in [0.15, 0.2) is 5.69 Å². The van der Waals surface area contributed by atoms with E-state index in [1.54, 1.807) is 6.07 Å². The Morgan fingerprint density at radius 1 is 1.04 bits per heavy atom. The van der Waals surface area contributed by atoms with Crippen molar-refractivity contribution >= 4 is 17.1 Å². The van der Waals surface area contributed by atoms with Crippen LogP contribution in [-0.2, 0) is 0 Å². The summed E-state index contributed by atoms with van der Waals surface area (Å²) in [5.41, 5.74) is 19.3. The van der Waals surface area contributed by atoms with Crippen LogP contribution in [0, 0.1) is 27.3 Å². The number of aromatic nitrogens is 1. The fourth-order valence-corrected chi connectivity index (χ4v) is 2.91. The Morgan fingerprint density at radius 3 is 2.42 bits per heavy atom. The first-order valence-corrected chi connectivity index (χ1v) is 7.53. The van der Waals surface area contributed by atoms with Gasteiger partial charge in [-0.25, -0.2) is 4.85 Å². The van der Waals surface area contributed by atoms with Crippen LogP contribution >= 0.6 is 0 Å². The van der Waals surface area contributed by atoms with E-state index in [0.717, 1.165) is 39.3 Å². The summed E-state index contributed by atoms with van der Waals surface area (Å²) in [6, 6.07) is 9.36. The van der Waals surface area contributed by atoms with Crippen molar-refractivity contribution in [2.75, 3.05) is 11.5 Å². The molecule has 24 heavy (non-hydrogen) atoms. The first kappa shape index (κ1) is 15.6. The average Bonchev–Trinajstić information content (AvgIpc) is 2.89. The molecule has 0 saturated carbocycles. The standard InChI is InChI=1S/C19H18N4O/c1-10-5-6-14(22-4)9-15(10)16-7-13(8-17(20)19(16)21)18-11(2)23-24-12(18)3/h5-9H,20-21H2,1-3H3. The number of nitrogen functional groups attached to an aromatic ring is 2. The summed E-state index contributed by atoms with van der Waals surface area (Å²) in [5.74, 6) is 0.731. The van der Waals surface area contributed by atoms with Gasteiger partial charge in [0.05, 0.1) is 23.6 Å². The normalized spacial score (nSPS) is 10.6. The van der Waals surface area contributed by atoms with E-state index >= 15 is 0 Å². The number of nitrogens with two attached hydrogens (primary N) is 2. The van der Waals surface area contributed by atoms with Gasteiger partial charge in [0.25, 0.3) is 0 Å². The maximum atomic E-state index is 7.23. The minimum atomic E-state index is 0.495. The van der Waals surface area contributed by atoms with Crippen molar-refractivity contribution in [1.29, 1.82) is 0 Å². The highest BCUT2D eigenvalue weighted by atomic mass is 16.5. The number of hydrogen-bond donors (Lipinski definition) is 2. The molecule has 0 radical (unpaired) electrons. The van der Waals surface area contributed by atoms with Gasteiger partial charge in [-0.2, -0.15) is 0 Å². The number of benzene rings is 2. The van der Waals surface area contributed by atoms with Gasteiger partial charge in [-0.05, 0) is 55.7 Å². The molecule has 0 saturated heterocycles. The van der Waals surface area contributed by atoms with Crippen molar-refractivity contribution in [3.05, 3.63) is 58.8 Å². The topological polar surface area (TPSA) is 82.4 Å². The number of anilines is 2. The van der Waals surface area contributed by atoms with E-state index in [9.17, 15) is 0 Å². The average molecular weight is 318 g/mol. The minimum absolute atomic E-state index is 0.495. The number of nitrogens with zero attached hydrogens (tertiary/aromatic N) is 2. The van der Waals surface area contributed by atoms with Crippen molar-refractivity contribution < 1.29 is 4.52 Å². The smallest absolute Gasteiger partial charge is 0.187 e. The van der Waals surface area contributed by atoms with Crippen LogP contribution in [0.2, 0.25) is 0 Å². The molecule has 0 amide bonds. The van der Waals surface area contributed by atoms with Gasteiger partial charge < -0.3 is 16.0 Å². The van der Waals surface area contributed by atoms with Crippen molar-refractivity contribution in [1.82, 2.24) is 5.16 Å². The molecule has 0 spiro atoms. The van der Waals surface area contributed by atoms with Crippen LogP contribution in [0.4, 0.5) is 17.1 Å². The van der Waals surface area contributed by atoms with E-state index in [0.29, 0.717) is 17.1 Å². The molecule has 0 fully saturated rings. The highest BCUT2D eigenvalue weighted by molar-refractivity contribution is 5.91. The highest BCUT2D eigenvalue weighted by Crippen LogP contribution is 2.39. The molecule has 5 nitrogen and oxygen atoms in total. The second kappa shape index (κ2) is 5.74. The van der Waals surface area contributed by atoms with Crippen LogP contribution in [0.5, 0.6) is 0 Å². The van der Waals surface area contributed by atoms with Crippen LogP contribution < -0.4 is 11.5 Å². The lowest BCUT2D eigenvalue weighted by molar-refractivity contribution is 0.393. The van der Waals surface area contributed by atoms with Crippen LogP contribution in [0.3, 0.4) is 0 Å². The lowest BCUT2D eigenvalue weighted by Gasteiger charge is -2.14. The first-order chi connectivity index (χ1) is 11.4. The molecule has 3 aromatic rings. The lowest BCUT2D eigenvalue weighted by atomic mass is 9.93. The molecule has 0 aliphatic rings. The molecule has 0 aliphatic heterocycles. The minimum Gasteiger partial charge on any atom is -0.397 e. The Labute approximate surface area is 140 Å². The Morgan fingerprint density at radius 2 is 1.79 bits per heavy atom. The summed E-state index contributed by atoms with van der Waals surface area (Å²) >= 11 is 0. The van der Waals surface area contributed by atoms with Gasteiger partial charge in [-0.3, -0.25) is 0 Å². The van der Waals surface area contributed by atoms with E-state index in [-0.39, 0.29) is 0 Å². The third-order valence-electron chi connectivity index (χ3n) is 4.17. The molecule has 4 N–H and O–H groups in total. The molecule has 2 aromatic carbocycles. The van der Waals surface area contributed by atoms with Crippen LogP contribution in [0.1, 0.15) is 17.0 Å². The van der Waals surface area contributed by atoms with Crippen molar-refractivity contribution in [2.45, 2.75) is 20.8 Å². The molecule has 120 valence electrons. The quantitative estimate of drug-likeness (QED) is 0.532. The van der Waals surface area contributed by atoms with Crippen LogP contribution in [-0.4, -0.2) is 5.16 Å². The van der Waals surface area contributed by atoms with Gasteiger partial charge in [0.1, 0.15) is 5.76 Å². The summed E-state index contributed by atoms with van der Waals surface area (Å²) in [6.45, 7) is 13.0. The number of rotatable bonds is 2. The van der Waals surface area contributed by atoms with Gasteiger partial charge >= 0.3 is 0 Å². The number of aryl methyl sites for hydroxylation is 3. The van der Waals surface area contributed by atoms with Gasteiger partial charge in [-0.1, -0.05) is 17.3 Å². The van der Waals surface area contributed by atoms with Gasteiger partial charge in [0, 0.05) is 11.1 Å². The fourth-order valence-electron chi connectivity index (χ4n) is 2.91. The SMILES string of the molecule is [C-]#[N+]c1ccc(C)c(-c2cc(-c3c(C)noc3C)cc(N)c2N)c1. The maximum Gasteiger partial charge on any atom is 0.187 e. The lowest BCUT2D eigenvalue weighted by Crippen LogP contribution is -1.99. The molecule has 5 heteroatoms. The van der Waals surface area contributed by atoms with E-state index in [1.807, 2.05) is 45.0 Å². The van der Waals surface area contributed by atoms with Crippen molar-refractivity contribution in [3.63, 3.8) is 0 Å². The zero-order valence-corrected chi connectivity index (χ0v) is 13.8. The van der Waals surface area contributed by atoms with Gasteiger partial charge in [0.2, 0.25) is 0 Å². The zero-order valence-electron chi connectivity index (χ0n) is 13.8. The molecular weight excluding hydrogens is 300 g/mol. The van der Waals surface area contributed by atoms with Crippen LogP contribution in [0.15, 0.2) is 34.9 Å². The van der Waals surface area contributed by atoms with Crippen molar-refractivity contribution in [2.24, 2.45) is 0 Å². The first-order valence-electron chi connectivity index (χ1n) is 7.53. The maximum absolute atomic E-state index is 7.23. The molecule has 0 bridgehead atoms. The third-order valence-corrected chi connectivity index (χ3v) is 4.17. The second-order valence-corrected chi connectivity index (χ2v) is 5.84. The Hall–Kier alpha value is -3.26. The second-order valence-electron chi connectivity index (χ2n) is 5.84. The van der Waals surface area contributed by atoms with Crippen molar-refractivity contribution in [3.8, 4) is 22.3 Å². The summed E-state index contributed by atoms with van der Waals surface area (Å²) in [6.07, 6.45) is 0. The fraction of sp³-hybridized carbons (Fsp3) is 0.158. The molecule has 0 unspecified atom stereocenters. The summed E-state index contributed by atoms with van der Waals surface area (Å²) in [4.78, 5) is 3.50. The Balaban J connectivity index is 2.29. The largest absolute Gasteiger partial charge is 0.397 e. The van der Waals surface area contributed by atoms with Crippen LogP contribution in [0.25, 0.3) is 27.1 Å². The third kappa shape index (κ3) is 2.48. The Bertz CT molecular complexity index is 960. The van der Waals surface area contributed by atoms with E-state index in [1.165, 1.54) is 0 Å². The van der Waals surface area contributed by atoms with Gasteiger partial charge in [-0.15, -0.1) is 0 Å². The van der Waals surface area contributed by atoms with E-state index in [4.69, 9.17) is 22.6 Å². The number of hydrogen-bond acceptors (Lipinski definition) is 4. The molecule has 1 aromatic heterocycles. The monoisotopic (exact) mass is 318 g/mol. The van der Waals surface area contributed by atoms with E-state index < -0.39 is 0 Å². The summed E-state index contributed by atoms with van der Waals surface area (Å²) in [7, 11) is 0. The molecular formula is C19H18N4O. The zero-order chi connectivity index (χ0) is 17.4. The molecule has 1 heterocycles. The molecule has 3 rings (SSSR count).